The smallest absolute Gasteiger partial charge is 0.226 e. The summed E-state index contributed by atoms with van der Waals surface area (Å²) in [5, 5.41) is 6.36. The Bertz CT molecular complexity index is 1070. The molecule has 2 N–H and O–H groups in total. The second kappa shape index (κ2) is 9.35. The number of nitrogens with one attached hydrogen (secondary N) is 2. The fourth-order valence-electron chi connectivity index (χ4n) is 3.96. The number of aryl methyl sites for hydroxylation is 1. The van der Waals surface area contributed by atoms with E-state index in [0.717, 1.165) is 29.9 Å². The number of nitrogens with zero attached hydrogens (tertiary/aromatic N) is 2. The molecule has 0 spiro atoms. The molecule has 0 saturated carbocycles. The largest absolute Gasteiger partial charge is 0.349 e. The van der Waals surface area contributed by atoms with Gasteiger partial charge in [0, 0.05) is 41.6 Å². The summed E-state index contributed by atoms with van der Waals surface area (Å²) in [7, 11) is 0. The molecule has 4 rings (SSSR count). The van der Waals surface area contributed by atoms with E-state index in [9.17, 15) is 9.59 Å². The number of carbonyl (C=O) groups is 2. The van der Waals surface area contributed by atoms with Gasteiger partial charge in [-0.15, -0.1) is 0 Å². The van der Waals surface area contributed by atoms with Crippen LogP contribution in [0, 0.1) is 0 Å². The van der Waals surface area contributed by atoms with E-state index in [1.165, 1.54) is 25.5 Å². The van der Waals surface area contributed by atoms with Gasteiger partial charge in [-0.05, 0) is 61.2 Å². The Morgan fingerprint density at radius 2 is 1.84 bits per heavy atom. The van der Waals surface area contributed by atoms with E-state index >= 15 is 0 Å². The second-order valence-electron chi connectivity index (χ2n) is 7.82. The summed E-state index contributed by atoms with van der Waals surface area (Å²) in [6.45, 7) is 2.44. The summed E-state index contributed by atoms with van der Waals surface area (Å²) in [5.41, 5.74) is 3.85. The molecule has 2 heterocycles. The highest BCUT2D eigenvalue weighted by molar-refractivity contribution is 6.30. The average molecular weight is 437 g/mol. The third-order valence-electron chi connectivity index (χ3n) is 5.47. The van der Waals surface area contributed by atoms with Crippen molar-refractivity contribution in [1.29, 1.82) is 0 Å². The van der Waals surface area contributed by atoms with E-state index in [0.29, 0.717) is 10.7 Å². The van der Waals surface area contributed by atoms with Gasteiger partial charge in [0.15, 0.2) is 0 Å². The van der Waals surface area contributed by atoms with Crippen molar-refractivity contribution in [2.75, 3.05) is 5.32 Å². The first kappa shape index (κ1) is 21.1. The molecule has 1 aliphatic heterocycles. The molecule has 0 fully saturated rings. The molecule has 1 atom stereocenters. The van der Waals surface area contributed by atoms with E-state index in [1.807, 2.05) is 42.6 Å². The number of halogens is 1. The number of aromatic nitrogens is 2. The lowest BCUT2D eigenvalue weighted by atomic mass is 10.0. The van der Waals surface area contributed by atoms with Crippen LogP contribution in [0.4, 0.5) is 5.69 Å². The molecular weight excluding hydrogens is 412 g/mol. The Morgan fingerprint density at radius 3 is 2.55 bits per heavy atom. The van der Waals surface area contributed by atoms with Gasteiger partial charge >= 0.3 is 0 Å². The van der Waals surface area contributed by atoms with Gasteiger partial charge in [-0.2, -0.15) is 0 Å². The van der Waals surface area contributed by atoms with Crippen LogP contribution in [0.25, 0.3) is 11.4 Å². The Kier molecular flexibility index (Phi) is 6.37. The van der Waals surface area contributed by atoms with E-state index in [2.05, 4.69) is 20.2 Å². The number of amides is 2. The fraction of sp³-hybridized carbons (Fsp3) is 0.292. The zero-order chi connectivity index (χ0) is 21.8. The molecule has 0 saturated heterocycles. The lowest BCUT2D eigenvalue weighted by Crippen LogP contribution is -2.29. The summed E-state index contributed by atoms with van der Waals surface area (Å²) in [6.07, 6.45) is 5.54. The Balaban J connectivity index is 1.43. The zero-order valence-corrected chi connectivity index (χ0v) is 18.2. The van der Waals surface area contributed by atoms with Crippen molar-refractivity contribution in [3.63, 3.8) is 0 Å². The van der Waals surface area contributed by atoms with Crippen molar-refractivity contribution in [1.82, 2.24) is 14.9 Å². The number of benzene rings is 2. The van der Waals surface area contributed by atoms with Gasteiger partial charge in [0.05, 0.1) is 12.5 Å². The van der Waals surface area contributed by atoms with Gasteiger partial charge in [0.2, 0.25) is 11.8 Å². The monoisotopic (exact) mass is 436 g/mol. The molecular formula is C24H25ClN4O2. The van der Waals surface area contributed by atoms with Gasteiger partial charge in [-0.25, -0.2) is 4.98 Å². The number of carbonyl (C=O) groups excluding carboxylic acids is 2. The SMILES string of the molecule is CC(=O)NC(CC(=O)Nc1ccc(-c2ncc3n2CCCC3)cc1)c1ccc(Cl)cc1. The van der Waals surface area contributed by atoms with Crippen molar-refractivity contribution >= 4 is 29.1 Å². The van der Waals surface area contributed by atoms with Crippen LogP contribution >= 0.6 is 11.6 Å². The molecule has 31 heavy (non-hydrogen) atoms. The van der Waals surface area contributed by atoms with Crippen molar-refractivity contribution in [2.24, 2.45) is 0 Å². The average Bonchev–Trinajstić information content (AvgIpc) is 3.18. The van der Waals surface area contributed by atoms with Crippen LogP contribution in [0.15, 0.2) is 54.7 Å². The normalized spacial score (nSPS) is 13.9. The predicted octanol–water partition coefficient (Wildman–Crippen LogP) is 4.75. The van der Waals surface area contributed by atoms with E-state index < -0.39 is 6.04 Å². The maximum absolute atomic E-state index is 12.6. The first-order valence-corrected chi connectivity index (χ1v) is 10.8. The van der Waals surface area contributed by atoms with Crippen LogP contribution in [-0.4, -0.2) is 21.4 Å². The molecule has 1 unspecified atom stereocenters. The highest BCUT2D eigenvalue weighted by Crippen LogP contribution is 2.26. The lowest BCUT2D eigenvalue weighted by molar-refractivity contribution is -0.120. The Labute approximate surface area is 186 Å². The standard InChI is InChI=1S/C24H25ClN4O2/c1-16(30)27-22(17-5-9-19(25)10-6-17)14-23(31)28-20-11-7-18(8-12-20)24-26-15-21-4-2-3-13-29(21)24/h5-12,15,22H,2-4,13-14H2,1H3,(H,27,30)(H,28,31). The number of fused-ring (bicyclic) bond motifs is 1. The maximum Gasteiger partial charge on any atom is 0.226 e. The van der Waals surface area contributed by atoms with Crippen molar-refractivity contribution in [2.45, 2.75) is 45.2 Å². The van der Waals surface area contributed by atoms with E-state index in [1.54, 1.807) is 12.1 Å². The number of rotatable bonds is 6. The van der Waals surface area contributed by atoms with Crippen molar-refractivity contribution in [3.05, 3.63) is 71.0 Å². The molecule has 0 aliphatic carbocycles. The summed E-state index contributed by atoms with van der Waals surface area (Å²) < 4.78 is 2.28. The highest BCUT2D eigenvalue weighted by Gasteiger charge is 2.18. The van der Waals surface area contributed by atoms with Crippen LogP contribution in [-0.2, 0) is 22.6 Å². The Morgan fingerprint density at radius 1 is 1.10 bits per heavy atom. The van der Waals surface area contributed by atoms with Crippen LogP contribution in [0.3, 0.4) is 0 Å². The molecule has 1 aromatic heterocycles. The van der Waals surface area contributed by atoms with Crippen molar-refractivity contribution in [3.8, 4) is 11.4 Å². The van der Waals surface area contributed by atoms with Crippen molar-refractivity contribution < 1.29 is 9.59 Å². The molecule has 2 aromatic carbocycles. The molecule has 0 radical (unpaired) electrons. The summed E-state index contributed by atoms with van der Waals surface area (Å²) in [5.74, 6) is 0.598. The number of anilines is 1. The summed E-state index contributed by atoms with van der Waals surface area (Å²) >= 11 is 5.95. The van der Waals surface area contributed by atoms with E-state index in [-0.39, 0.29) is 18.2 Å². The molecule has 6 nitrogen and oxygen atoms in total. The quantitative estimate of drug-likeness (QED) is 0.585. The fourth-order valence-corrected chi connectivity index (χ4v) is 4.09. The van der Waals surface area contributed by atoms with Crippen LogP contribution in [0.5, 0.6) is 0 Å². The first-order chi connectivity index (χ1) is 15.0. The van der Waals surface area contributed by atoms with Crippen LogP contribution in [0.1, 0.15) is 43.5 Å². The van der Waals surface area contributed by atoms with Crippen LogP contribution in [0.2, 0.25) is 5.02 Å². The van der Waals surface area contributed by atoms with Gasteiger partial charge < -0.3 is 15.2 Å². The topological polar surface area (TPSA) is 76.0 Å². The zero-order valence-electron chi connectivity index (χ0n) is 17.4. The molecule has 7 heteroatoms. The minimum absolute atomic E-state index is 0.122. The third-order valence-corrected chi connectivity index (χ3v) is 5.72. The van der Waals surface area contributed by atoms with Gasteiger partial charge in [-0.3, -0.25) is 9.59 Å². The number of imidazole rings is 1. The molecule has 160 valence electrons. The first-order valence-electron chi connectivity index (χ1n) is 10.5. The van der Waals surface area contributed by atoms with Gasteiger partial charge in [0.25, 0.3) is 0 Å². The third kappa shape index (κ3) is 5.14. The minimum Gasteiger partial charge on any atom is -0.349 e. The second-order valence-corrected chi connectivity index (χ2v) is 8.25. The summed E-state index contributed by atoms with van der Waals surface area (Å²) in [6, 6.07) is 14.4. The molecule has 2 amide bonds. The molecule has 0 bridgehead atoms. The number of hydrogen-bond acceptors (Lipinski definition) is 3. The maximum atomic E-state index is 12.6. The van der Waals surface area contributed by atoms with E-state index in [4.69, 9.17) is 11.6 Å². The highest BCUT2D eigenvalue weighted by atomic mass is 35.5. The summed E-state index contributed by atoms with van der Waals surface area (Å²) in [4.78, 5) is 28.8. The predicted molar refractivity (Wildman–Crippen MR) is 122 cm³/mol. The molecule has 1 aliphatic rings. The van der Waals surface area contributed by atoms with Gasteiger partial charge in [-0.1, -0.05) is 23.7 Å². The lowest BCUT2D eigenvalue weighted by Gasteiger charge is -2.18. The number of hydrogen-bond donors (Lipinski definition) is 2. The molecule has 3 aromatic rings. The van der Waals surface area contributed by atoms with Gasteiger partial charge in [0.1, 0.15) is 5.82 Å². The minimum atomic E-state index is -0.425. The Hall–Kier alpha value is -3.12. The van der Waals surface area contributed by atoms with Crippen LogP contribution < -0.4 is 10.6 Å².